The molecule has 0 unspecified atom stereocenters. The Balaban J connectivity index is 1.35. The van der Waals surface area contributed by atoms with Crippen molar-refractivity contribution in [3.05, 3.63) is 109 Å². The zero-order valence-electron chi connectivity index (χ0n) is 22.2. The molecule has 1 fully saturated rings. The van der Waals surface area contributed by atoms with E-state index in [9.17, 15) is 0 Å². The summed E-state index contributed by atoms with van der Waals surface area (Å²) in [5.41, 5.74) is 6.36. The van der Waals surface area contributed by atoms with Crippen molar-refractivity contribution in [2.75, 3.05) is 0 Å². The number of hydrogen-bond donors (Lipinski definition) is 0. The van der Waals surface area contributed by atoms with Gasteiger partial charge in [-0.25, -0.2) is 0 Å². The third kappa shape index (κ3) is 3.44. The van der Waals surface area contributed by atoms with Crippen molar-refractivity contribution in [3.8, 4) is 16.8 Å². The zero-order valence-corrected chi connectivity index (χ0v) is 22.2. The molecule has 0 N–H and O–H groups in total. The van der Waals surface area contributed by atoms with E-state index < -0.39 is 0 Å². The normalized spacial score (nSPS) is 16.6. The maximum atomic E-state index is 6.27. The van der Waals surface area contributed by atoms with Crippen LogP contribution in [-0.2, 0) is 9.31 Å². The van der Waals surface area contributed by atoms with Crippen LogP contribution in [0.25, 0.3) is 49.4 Å². The molecule has 5 aromatic carbocycles. The second kappa shape index (κ2) is 8.32. The number of aromatic nitrogens is 1. The fraction of sp³-hybridized carbons (Fsp3) is 0.176. The van der Waals surface area contributed by atoms with Crippen molar-refractivity contribution in [2.45, 2.75) is 38.9 Å². The molecule has 0 saturated carbocycles. The lowest BCUT2D eigenvalue weighted by Gasteiger charge is -2.32. The average Bonchev–Trinajstić information content (AvgIpc) is 3.37. The molecule has 0 bridgehead atoms. The minimum absolute atomic E-state index is 0.352. The minimum Gasteiger partial charge on any atom is -0.399 e. The van der Waals surface area contributed by atoms with E-state index in [0.29, 0.717) is 0 Å². The molecule has 38 heavy (non-hydrogen) atoms. The van der Waals surface area contributed by atoms with E-state index in [0.717, 1.165) is 5.46 Å². The number of benzene rings is 5. The lowest BCUT2D eigenvalue weighted by atomic mass is 9.78. The first-order valence-electron chi connectivity index (χ1n) is 13.3. The van der Waals surface area contributed by atoms with Gasteiger partial charge in [0.1, 0.15) is 0 Å². The molecule has 1 aliphatic rings. The highest BCUT2D eigenvalue weighted by molar-refractivity contribution is 6.62. The van der Waals surface area contributed by atoms with Gasteiger partial charge in [-0.05, 0) is 67.9 Å². The molecule has 0 atom stereocenters. The van der Waals surface area contributed by atoms with Crippen LogP contribution in [0.1, 0.15) is 27.7 Å². The molecule has 0 radical (unpaired) electrons. The zero-order chi connectivity index (χ0) is 26.1. The van der Waals surface area contributed by atoms with Crippen LogP contribution < -0.4 is 5.46 Å². The summed E-state index contributed by atoms with van der Waals surface area (Å²) >= 11 is 0. The van der Waals surface area contributed by atoms with Crippen LogP contribution in [0.2, 0.25) is 0 Å². The van der Waals surface area contributed by atoms with Crippen LogP contribution in [0.15, 0.2) is 109 Å². The number of rotatable bonds is 3. The quantitative estimate of drug-likeness (QED) is 0.233. The molecule has 1 aliphatic heterocycles. The lowest BCUT2D eigenvalue weighted by molar-refractivity contribution is 0.00578. The van der Waals surface area contributed by atoms with E-state index in [1.165, 1.54) is 49.4 Å². The Kier molecular flexibility index (Phi) is 5.10. The van der Waals surface area contributed by atoms with Crippen molar-refractivity contribution < 1.29 is 9.31 Å². The molecular formula is C34H30BNO2. The van der Waals surface area contributed by atoms with Gasteiger partial charge in [0.2, 0.25) is 0 Å². The summed E-state index contributed by atoms with van der Waals surface area (Å²) in [6.45, 7) is 8.36. The maximum Gasteiger partial charge on any atom is 0.494 e. The van der Waals surface area contributed by atoms with Crippen LogP contribution in [-0.4, -0.2) is 22.9 Å². The van der Waals surface area contributed by atoms with Gasteiger partial charge in [0.15, 0.2) is 0 Å². The highest BCUT2D eigenvalue weighted by Crippen LogP contribution is 2.39. The molecule has 7 rings (SSSR count). The lowest BCUT2D eigenvalue weighted by Crippen LogP contribution is -2.41. The highest BCUT2D eigenvalue weighted by atomic mass is 16.7. The first-order chi connectivity index (χ1) is 18.3. The van der Waals surface area contributed by atoms with Crippen molar-refractivity contribution in [1.82, 2.24) is 4.57 Å². The molecule has 3 nitrogen and oxygen atoms in total. The van der Waals surface area contributed by atoms with Gasteiger partial charge in [0, 0.05) is 16.2 Å². The van der Waals surface area contributed by atoms with Crippen LogP contribution in [0.5, 0.6) is 0 Å². The first-order valence-corrected chi connectivity index (χ1v) is 13.3. The van der Waals surface area contributed by atoms with Crippen molar-refractivity contribution in [2.24, 2.45) is 0 Å². The molecule has 0 amide bonds. The topological polar surface area (TPSA) is 23.4 Å². The van der Waals surface area contributed by atoms with Gasteiger partial charge >= 0.3 is 7.12 Å². The molecule has 6 aromatic rings. The molecule has 1 aromatic heterocycles. The van der Waals surface area contributed by atoms with Crippen molar-refractivity contribution in [1.29, 1.82) is 0 Å². The third-order valence-corrected chi connectivity index (χ3v) is 8.47. The Labute approximate surface area is 223 Å². The molecule has 186 valence electrons. The summed E-state index contributed by atoms with van der Waals surface area (Å²) in [6.07, 6.45) is 0. The predicted octanol–water partition coefficient (Wildman–Crippen LogP) is 7.90. The Bertz CT molecular complexity index is 1760. The second-order valence-electron chi connectivity index (χ2n) is 11.3. The predicted molar refractivity (Wildman–Crippen MR) is 159 cm³/mol. The van der Waals surface area contributed by atoms with E-state index in [2.05, 4.69) is 141 Å². The summed E-state index contributed by atoms with van der Waals surface area (Å²) < 4.78 is 14.9. The van der Waals surface area contributed by atoms with Gasteiger partial charge in [-0.15, -0.1) is 0 Å². The smallest absolute Gasteiger partial charge is 0.399 e. The van der Waals surface area contributed by atoms with E-state index in [4.69, 9.17) is 9.31 Å². The van der Waals surface area contributed by atoms with Crippen LogP contribution in [0.3, 0.4) is 0 Å². The fourth-order valence-corrected chi connectivity index (χ4v) is 5.71. The number of fused-ring (bicyclic) bond motifs is 4. The SMILES string of the molecule is CC1(C)OB(c2ccc(-c3ccc(-n4c5ccccc5c5ccccc54)c4ccccc34)cc2)OC1(C)C. The summed E-state index contributed by atoms with van der Waals surface area (Å²) in [6, 6.07) is 39.2. The number of nitrogens with zero attached hydrogens (tertiary/aromatic N) is 1. The summed E-state index contributed by atoms with van der Waals surface area (Å²) in [4.78, 5) is 0. The van der Waals surface area contributed by atoms with Gasteiger partial charge in [0.25, 0.3) is 0 Å². The molecule has 0 spiro atoms. The van der Waals surface area contributed by atoms with Crippen LogP contribution in [0, 0.1) is 0 Å². The summed E-state index contributed by atoms with van der Waals surface area (Å²) in [5.74, 6) is 0. The Morgan fingerprint density at radius 3 is 1.61 bits per heavy atom. The summed E-state index contributed by atoms with van der Waals surface area (Å²) in [5, 5.41) is 5.01. The minimum atomic E-state index is -0.358. The van der Waals surface area contributed by atoms with Crippen molar-refractivity contribution >= 4 is 45.2 Å². The van der Waals surface area contributed by atoms with Crippen LogP contribution >= 0.6 is 0 Å². The highest BCUT2D eigenvalue weighted by Gasteiger charge is 2.51. The van der Waals surface area contributed by atoms with E-state index in [-0.39, 0.29) is 18.3 Å². The monoisotopic (exact) mass is 495 g/mol. The Hall–Kier alpha value is -3.86. The second-order valence-corrected chi connectivity index (χ2v) is 11.3. The molecule has 4 heteroatoms. The fourth-order valence-electron chi connectivity index (χ4n) is 5.71. The Morgan fingerprint density at radius 2 is 1.03 bits per heavy atom. The van der Waals surface area contributed by atoms with Crippen LogP contribution in [0.4, 0.5) is 0 Å². The first kappa shape index (κ1) is 23.3. The molecule has 1 saturated heterocycles. The average molecular weight is 495 g/mol. The standard InChI is InChI=1S/C34H30BNO2/c1-33(2)34(3,4)38-35(37-33)24-19-17-23(18-20-24)25-21-22-32(27-12-6-5-11-26(25)27)36-30-15-9-7-13-28(30)29-14-8-10-16-31(29)36/h5-22H,1-4H3. The number of para-hydroxylation sites is 2. The van der Waals surface area contributed by atoms with Crippen molar-refractivity contribution in [3.63, 3.8) is 0 Å². The molecular weight excluding hydrogens is 465 g/mol. The third-order valence-electron chi connectivity index (χ3n) is 8.47. The van der Waals surface area contributed by atoms with Gasteiger partial charge in [-0.2, -0.15) is 0 Å². The maximum absolute atomic E-state index is 6.27. The van der Waals surface area contributed by atoms with Gasteiger partial charge in [-0.1, -0.05) is 91.0 Å². The van der Waals surface area contributed by atoms with Gasteiger partial charge < -0.3 is 13.9 Å². The van der Waals surface area contributed by atoms with Gasteiger partial charge in [0.05, 0.1) is 27.9 Å². The molecule has 0 aliphatic carbocycles. The molecule has 2 heterocycles. The summed E-state index contributed by atoms with van der Waals surface area (Å²) in [7, 11) is -0.358. The van der Waals surface area contributed by atoms with E-state index in [1.807, 2.05) is 0 Å². The largest absolute Gasteiger partial charge is 0.494 e. The van der Waals surface area contributed by atoms with E-state index in [1.54, 1.807) is 0 Å². The van der Waals surface area contributed by atoms with Gasteiger partial charge in [-0.3, -0.25) is 0 Å². The Morgan fingerprint density at radius 1 is 0.526 bits per heavy atom. The number of hydrogen-bond acceptors (Lipinski definition) is 2. The van der Waals surface area contributed by atoms with E-state index >= 15 is 0 Å².